The van der Waals surface area contributed by atoms with Gasteiger partial charge < -0.3 is 14.6 Å². The molecule has 0 atom stereocenters. The number of hydrogen-bond acceptors (Lipinski definition) is 6. The molecule has 0 radical (unpaired) electrons. The van der Waals surface area contributed by atoms with Crippen LogP contribution in [0.3, 0.4) is 0 Å². The van der Waals surface area contributed by atoms with Gasteiger partial charge in [-0.15, -0.1) is 0 Å². The second-order valence-electron chi connectivity index (χ2n) is 8.48. The van der Waals surface area contributed by atoms with Gasteiger partial charge in [-0.2, -0.15) is 0 Å². The van der Waals surface area contributed by atoms with Gasteiger partial charge in [-0.25, -0.2) is 4.79 Å². The van der Waals surface area contributed by atoms with Crippen LogP contribution >= 0.6 is 23.4 Å². The van der Waals surface area contributed by atoms with Crippen molar-refractivity contribution in [3.63, 3.8) is 0 Å². The molecule has 0 spiro atoms. The Kier molecular flexibility index (Phi) is 9.10. The van der Waals surface area contributed by atoms with Crippen LogP contribution < -0.4 is 9.47 Å². The zero-order valence-electron chi connectivity index (χ0n) is 20.7. The summed E-state index contributed by atoms with van der Waals surface area (Å²) < 4.78 is 11.6. The number of nitrogens with zero attached hydrogens (tertiary/aromatic N) is 1. The number of benzene rings is 3. The predicted molar refractivity (Wildman–Crippen MR) is 148 cm³/mol. The smallest absolute Gasteiger partial charge is 0.335 e. The van der Waals surface area contributed by atoms with Gasteiger partial charge in [0.1, 0.15) is 6.61 Å². The lowest BCUT2D eigenvalue weighted by Gasteiger charge is -2.15. The standard InChI is InChI=1S/C29H26ClNO6S/c1-2-36-24-16-21(15-23(30)26(24)37-18-20-10-12-22(13-11-20)28(33)34)17-25-27(32)31(29(35)38-25)14-6-9-19-7-4-3-5-8-19/h3-5,7-8,10-13,15-17H,2,6,9,14,18H2,1H3,(H,33,34)/b25-17+. The Labute approximate surface area is 230 Å². The Hall–Kier alpha value is -3.75. The zero-order chi connectivity index (χ0) is 27.1. The molecule has 0 saturated carbocycles. The number of thioether (sulfide) groups is 1. The van der Waals surface area contributed by atoms with E-state index in [9.17, 15) is 14.4 Å². The van der Waals surface area contributed by atoms with E-state index in [1.807, 2.05) is 37.3 Å². The van der Waals surface area contributed by atoms with E-state index in [0.717, 1.165) is 29.3 Å². The third-order valence-corrected chi connectivity index (χ3v) is 6.97. The molecule has 4 rings (SSSR count). The largest absolute Gasteiger partial charge is 0.490 e. The van der Waals surface area contributed by atoms with Crippen LogP contribution in [0.5, 0.6) is 11.5 Å². The fourth-order valence-corrected chi connectivity index (χ4v) is 5.04. The molecule has 1 saturated heterocycles. The van der Waals surface area contributed by atoms with E-state index >= 15 is 0 Å². The Bertz CT molecular complexity index is 1360. The van der Waals surface area contributed by atoms with Crippen molar-refractivity contribution in [3.05, 3.63) is 98.9 Å². The van der Waals surface area contributed by atoms with Crippen molar-refractivity contribution in [1.29, 1.82) is 0 Å². The molecular weight excluding hydrogens is 526 g/mol. The van der Waals surface area contributed by atoms with Crippen molar-refractivity contribution in [2.24, 2.45) is 0 Å². The molecule has 3 aromatic carbocycles. The summed E-state index contributed by atoms with van der Waals surface area (Å²) >= 11 is 7.43. The van der Waals surface area contributed by atoms with E-state index in [0.29, 0.717) is 41.5 Å². The minimum atomic E-state index is -1.00. The molecule has 1 aliphatic heterocycles. The van der Waals surface area contributed by atoms with E-state index in [4.69, 9.17) is 26.2 Å². The topological polar surface area (TPSA) is 93.1 Å². The van der Waals surface area contributed by atoms with Crippen LogP contribution in [-0.4, -0.2) is 40.3 Å². The number of aromatic carboxylic acids is 1. The monoisotopic (exact) mass is 551 g/mol. The summed E-state index contributed by atoms with van der Waals surface area (Å²) in [5.41, 5.74) is 2.71. The number of carbonyl (C=O) groups is 3. The molecule has 3 aromatic rings. The first-order chi connectivity index (χ1) is 18.4. The Morgan fingerprint density at radius 3 is 2.45 bits per heavy atom. The van der Waals surface area contributed by atoms with Gasteiger partial charge in [-0.3, -0.25) is 14.5 Å². The molecule has 9 heteroatoms. The highest BCUT2D eigenvalue weighted by molar-refractivity contribution is 8.18. The summed E-state index contributed by atoms with van der Waals surface area (Å²) in [6.07, 6.45) is 3.09. The minimum Gasteiger partial charge on any atom is -0.490 e. The lowest BCUT2D eigenvalue weighted by molar-refractivity contribution is -0.122. The maximum absolute atomic E-state index is 12.9. The molecule has 1 heterocycles. The quantitative estimate of drug-likeness (QED) is 0.265. The fraction of sp³-hybridized carbons (Fsp3) is 0.207. The number of halogens is 1. The number of rotatable bonds is 11. The highest BCUT2D eigenvalue weighted by Crippen LogP contribution is 2.39. The molecule has 0 aliphatic carbocycles. The first-order valence-corrected chi connectivity index (χ1v) is 13.3. The van der Waals surface area contributed by atoms with E-state index in [1.54, 1.807) is 30.3 Å². The third-order valence-electron chi connectivity index (χ3n) is 5.78. The minimum absolute atomic E-state index is 0.154. The second-order valence-corrected chi connectivity index (χ2v) is 9.88. The molecule has 0 bridgehead atoms. The van der Waals surface area contributed by atoms with E-state index < -0.39 is 5.97 Å². The van der Waals surface area contributed by atoms with Crippen molar-refractivity contribution in [2.45, 2.75) is 26.4 Å². The molecule has 2 amide bonds. The van der Waals surface area contributed by atoms with Crippen LogP contribution in [0.1, 0.15) is 40.4 Å². The number of aryl methyl sites for hydroxylation is 1. The first-order valence-electron chi connectivity index (χ1n) is 12.1. The number of carbonyl (C=O) groups excluding carboxylic acids is 2. The van der Waals surface area contributed by atoms with Crippen molar-refractivity contribution < 1.29 is 29.0 Å². The maximum atomic E-state index is 12.9. The van der Waals surface area contributed by atoms with Gasteiger partial charge in [0.05, 0.1) is 22.1 Å². The zero-order valence-corrected chi connectivity index (χ0v) is 22.3. The summed E-state index contributed by atoms with van der Waals surface area (Å²) in [4.78, 5) is 38.1. The van der Waals surface area contributed by atoms with Gasteiger partial charge in [-0.1, -0.05) is 54.1 Å². The lowest BCUT2D eigenvalue weighted by Crippen LogP contribution is -2.29. The van der Waals surface area contributed by atoms with Gasteiger partial charge in [0.2, 0.25) is 0 Å². The van der Waals surface area contributed by atoms with Crippen LogP contribution in [0.25, 0.3) is 6.08 Å². The number of carboxylic acid groups (broad SMARTS) is 1. The average Bonchev–Trinajstić information content (AvgIpc) is 3.16. The van der Waals surface area contributed by atoms with Crippen molar-refractivity contribution >= 4 is 46.6 Å². The number of carboxylic acids is 1. The second kappa shape index (κ2) is 12.7. The van der Waals surface area contributed by atoms with Crippen LogP contribution in [0.2, 0.25) is 5.02 Å². The number of ether oxygens (including phenoxy) is 2. The molecule has 1 fully saturated rings. The predicted octanol–water partition coefficient (Wildman–Crippen LogP) is 6.69. The Morgan fingerprint density at radius 1 is 1.03 bits per heavy atom. The average molecular weight is 552 g/mol. The summed E-state index contributed by atoms with van der Waals surface area (Å²) in [6, 6.07) is 19.6. The SMILES string of the molecule is CCOc1cc(/C=C2/SC(=O)N(CCCc3ccccc3)C2=O)cc(Cl)c1OCc1ccc(C(=O)O)cc1. The highest BCUT2D eigenvalue weighted by atomic mass is 35.5. The number of hydrogen-bond donors (Lipinski definition) is 1. The van der Waals surface area contributed by atoms with Gasteiger partial charge in [0.15, 0.2) is 11.5 Å². The van der Waals surface area contributed by atoms with E-state index in [1.165, 1.54) is 17.0 Å². The summed E-state index contributed by atoms with van der Waals surface area (Å²) in [6.45, 7) is 2.69. The summed E-state index contributed by atoms with van der Waals surface area (Å²) in [5, 5.41) is 9.05. The molecule has 196 valence electrons. The molecule has 0 aromatic heterocycles. The Balaban J connectivity index is 1.45. The van der Waals surface area contributed by atoms with E-state index in [-0.39, 0.29) is 28.3 Å². The molecule has 1 N–H and O–H groups in total. The fourth-order valence-electron chi connectivity index (χ4n) is 3.90. The van der Waals surface area contributed by atoms with Crippen molar-refractivity contribution in [3.8, 4) is 11.5 Å². The van der Waals surface area contributed by atoms with Gasteiger partial charge in [0, 0.05) is 6.54 Å². The maximum Gasteiger partial charge on any atom is 0.335 e. The number of imide groups is 1. The molecular formula is C29H26ClNO6S. The van der Waals surface area contributed by atoms with Crippen LogP contribution in [0.4, 0.5) is 4.79 Å². The highest BCUT2D eigenvalue weighted by Gasteiger charge is 2.34. The number of amides is 2. The van der Waals surface area contributed by atoms with Crippen molar-refractivity contribution in [2.75, 3.05) is 13.2 Å². The van der Waals surface area contributed by atoms with Crippen LogP contribution in [0, 0.1) is 0 Å². The molecule has 38 heavy (non-hydrogen) atoms. The van der Waals surface area contributed by atoms with Gasteiger partial charge in [0.25, 0.3) is 11.1 Å². The first kappa shape index (κ1) is 27.3. The van der Waals surface area contributed by atoms with Crippen molar-refractivity contribution in [1.82, 2.24) is 4.90 Å². The van der Waals surface area contributed by atoms with Crippen LogP contribution in [-0.2, 0) is 17.8 Å². The third kappa shape index (κ3) is 6.76. The summed E-state index contributed by atoms with van der Waals surface area (Å²) in [5.74, 6) is -0.593. The van der Waals surface area contributed by atoms with Crippen LogP contribution in [0.15, 0.2) is 71.6 Å². The molecule has 7 nitrogen and oxygen atoms in total. The van der Waals surface area contributed by atoms with E-state index in [2.05, 4.69) is 0 Å². The Morgan fingerprint density at radius 2 is 1.76 bits per heavy atom. The normalized spacial score (nSPS) is 14.3. The summed E-state index contributed by atoms with van der Waals surface area (Å²) in [7, 11) is 0. The molecule has 1 aliphatic rings. The molecule has 0 unspecified atom stereocenters. The van der Waals surface area contributed by atoms with Gasteiger partial charge >= 0.3 is 5.97 Å². The van der Waals surface area contributed by atoms with Gasteiger partial charge in [-0.05, 0) is 78.6 Å². The lowest BCUT2D eigenvalue weighted by atomic mass is 10.1.